The van der Waals surface area contributed by atoms with E-state index in [1.54, 1.807) is 6.07 Å². The average Bonchev–Trinajstić information content (AvgIpc) is 3.43. The Morgan fingerprint density at radius 3 is 1.92 bits per heavy atom. The van der Waals surface area contributed by atoms with Crippen LogP contribution in [0.2, 0.25) is 0 Å². The third kappa shape index (κ3) is 5.40. The molecule has 5 nitrogen and oxygen atoms in total. The zero-order valence-corrected chi connectivity index (χ0v) is 22.0. The number of likely N-dealkylation sites (N-methyl/N-ethyl adjacent to an activating group) is 1. The molecular formula is C33H32FN5. The summed E-state index contributed by atoms with van der Waals surface area (Å²) >= 11 is 0. The predicted octanol–water partition coefficient (Wildman–Crippen LogP) is 6.19. The second-order valence-corrected chi connectivity index (χ2v) is 10.0. The van der Waals surface area contributed by atoms with Crippen molar-refractivity contribution in [3.8, 4) is 28.1 Å². The van der Waals surface area contributed by atoms with Crippen molar-refractivity contribution in [1.29, 1.82) is 0 Å². The zero-order valence-electron chi connectivity index (χ0n) is 22.0. The van der Waals surface area contributed by atoms with E-state index in [2.05, 4.69) is 70.9 Å². The summed E-state index contributed by atoms with van der Waals surface area (Å²) in [4.78, 5) is 2.31. The van der Waals surface area contributed by atoms with Crippen LogP contribution < -0.4 is 5.43 Å². The molecule has 0 amide bonds. The second kappa shape index (κ2) is 11.3. The van der Waals surface area contributed by atoms with Gasteiger partial charge >= 0.3 is 0 Å². The lowest BCUT2D eigenvalue weighted by Gasteiger charge is -2.35. The number of aromatic nitrogens is 2. The van der Waals surface area contributed by atoms with Crippen LogP contribution in [-0.4, -0.2) is 52.9 Å². The topological polar surface area (TPSA) is 36.3 Å². The van der Waals surface area contributed by atoms with Crippen molar-refractivity contribution in [3.63, 3.8) is 0 Å². The summed E-state index contributed by atoms with van der Waals surface area (Å²) in [5.41, 5.74) is 10.4. The highest BCUT2D eigenvalue weighted by Gasteiger charge is 2.28. The lowest BCUT2D eigenvalue weighted by atomic mass is 9.96. The number of benzene rings is 4. The molecule has 1 aliphatic rings. The summed E-state index contributed by atoms with van der Waals surface area (Å²) in [6.45, 7) is 3.62. The molecule has 0 saturated carbocycles. The Balaban J connectivity index is 1.45. The number of halogens is 1. The number of hydrazine groups is 1. The fraction of sp³-hybridized carbons (Fsp3) is 0.182. The Hall–Kier alpha value is -4.10. The maximum Gasteiger partial charge on any atom is 0.128 e. The molecule has 39 heavy (non-hydrogen) atoms. The van der Waals surface area contributed by atoms with E-state index in [1.165, 1.54) is 11.6 Å². The van der Waals surface area contributed by atoms with Crippen molar-refractivity contribution in [2.24, 2.45) is 0 Å². The maximum atomic E-state index is 15.3. The van der Waals surface area contributed by atoms with Crippen molar-refractivity contribution in [2.75, 3.05) is 33.2 Å². The van der Waals surface area contributed by atoms with Crippen molar-refractivity contribution < 1.29 is 4.39 Å². The summed E-state index contributed by atoms with van der Waals surface area (Å²) in [5.74, 6) is -0.233. The molecule has 1 aliphatic heterocycles. The smallest absolute Gasteiger partial charge is 0.128 e. The maximum absolute atomic E-state index is 15.3. The largest absolute Gasteiger partial charge is 0.304 e. The predicted molar refractivity (Wildman–Crippen MR) is 155 cm³/mol. The van der Waals surface area contributed by atoms with Crippen LogP contribution in [0.1, 0.15) is 17.2 Å². The van der Waals surface area contributed by atoms with Gasteiger partial charge in [0, 0.05) is 42.9 Å². The van der Waals surface area contributed by atoms with Gasteiger partial charge in [0.15, 0.2) is 0 Å². The van der Waals surface area contributed by atoms with E-state index in [0.717, 1.165) is 54.3 Å². The van der Waals surface area contributed by atoms with Crippen molar-refractivity contribution in [3.05, 3.63) is 132 Å². The van der Waals surface area contributed by atoms with Gasteiger partial charge in [-0.1, -0.05) is 91.0 Å². The van der Waals surface area contributed by atoms with E-state index < -0.39 is 6.04 Å². The summed E-state index contributed by atoms with van der Waals surface area (Å²) in [5, 5.41) is 7.08. The third-order valence-electron chi connectivity index (χ3n) is 7.41. The van der Waals surface area contributed by atoms with Crippen molar-refractivity contribution >= 4 is 0 Å². The molecule has 0 bridgehead atoms. The molecule has 1 atom stereocenters. The van der Waals surface area contributed by atoms with Crippen LogP contribution in [0.5, 0.6) is 0 Å². The van der Waals surface area contributed by atoms with Gasteiger partial charge < -0.3 is 4.90 Å². The van der Waals surface area contributed by atoms with Crippen LogP contribution in [0.25, 0.3) is 28.1 Å². The van der Waals surface area contributed by atoms with Gasteiger partial charge in [-0.2, -0.15) is 5.10 Å². The molecule has 0 radical (unpaired) electrons. The van der Waals surface area contributed by atoms with Crippen molar-refractivity contribution in [2.45, 2.75) is 6.04 Å². The minimum Gasteiger partial charge on any atom is -0.304 e. The minimum atomic E-state index is -0.401. The fourth-order valence-corrected chi connectivity index (χ4v) is 5.21. The number of rotatable bonds is 7. The molecular weight excluding hydrogens is 485 g/mol. The molecule has 196 valence electrons. The number of hydrogen-bond donors (Lipinski definition) is 1. The molecule has 6 rings (SSSR count). The Labute approximate surface area is 229 Å². The Bertz CT molecular complexity index is 1510. The molecule has 0 spiro atoms. The molecule has 1 unspecified atom stereocenters. The van der Waals surface area contributed by atoms with Gasteiger partial charge in [-0.25, -0.2) is 19.5 Å². The number of nitrogens with one attached hydrogen (secondary N) is 1. The highest BCUT2D eigenvalue weighted by atomic mass is 19.1. The highest BCUT2D eigenvalue weighted by molar-refractivity contribution is 5.69. The quantitative estimate of drug-likeness (QED) is 0.279. The van der Waals surface area contributed by atoms with E-state index in [9.17, 15) is 0 Å². The van der Waals surface area contributed by atoms with Gasteiger partial charge in [0.1, 0.15) is 5.82 Å². The molecule has 5 aromatic rings. The molecule has 0 aliphatic carbocycles. The number of nitrogens with zero attached hydrogens (tertiary/aromatic N) is 4. The van der Waals surface area contributed by atoms with Gasteiger partial charge in [0.25, 0.3) is 0 Å². The fourth-order valence-electron chi connectivity index (χ4n) is 5.21. The summed E-state index contributed by atoms with van der Waals surface area (Å²) in [6.07, 6.45) is 1.88. The molecule has 1 fully saturated rings. The molecule has 1 aromatic heterocycles. The first-order valence-electron chi connectivity index (χ1n) is 13.4. The minimum absolute atomic E-state index is 0.233. The van der Waals surface area contributed by atoms with Crippen LogP contribution in [0.3, 0.4) is 0 Å². The van der Waals surface area contributed by atoms with Crippen LogP contribution in [0.15, 0.2) is 115 Å². The van der Waals surface area contributed by atoms with Crippen LogP contribution >= 0.6 is 0 Å². The molecule has 1 N–H and O–H groups in total. The lowest BCUT2D eigenvalue weighted by molar-refractivity contribution is 0.0928. The Morgan fingerprint density at radius 1 is 0.667 bits per heavy atom. The average molecular weight is 518 g/mol. The van der Waals surface area contributed by atoms with Gasteiger partial charge in [-0.05, 0) is 36.4 Å². The number of piperazine rings is 1. The zero-order chi connectivity index (χ0) is 26.6. The second-order valence-electron chi connectivity index (χ2n) is 10.0. The molecule has 2 heterocycles. The first kappa shape index (κ1) is 25.2. The Morgan fingerprint density at radius 2 is 1.26 bits per heavy atom. The highest BCUT2D eigenvalue weighted by Crippen LogP contribution is 2.35. The third-order valence-corrected chi connectivity index (χ3v) is 7.41. The van der Waals surface area contributed by atoms with Gasteiger partial charge in [-0.3, -0.25) is 0 Å². The van der Waals surface area contributed by atoms with Gasteiger partial charge in [-0.15, -0.1) is 0 Å². The van der Waals surface area contributed by atoms with Crippen LogP contribution in [-0.2, 0) is 0 Å². The van der Waals surface area contributed by atoms with E-state index in [-0.39, 0.29) is 5.82 Å². The molecule has 1 saturated heterocycles. The van der Waals surface area contributed by atoms with Gasteiger partial charge in [0.2, 0.25) is 0 Å². The SMILES string of the molecule is CN1CCN(NC(c2ccccc2F)c2cnn(-c3ccc(-c4ccccc4)cc3)c2-c2ccccc2)CC1. The lowest BCUT2D eigenvalue weighted by Crippen LogP contribution is -2.51. The van der Waals surface area contributed by atoms with E-state index in [1.807, 2.05) is 59.4 Å². The van der Waals surface area contributed by atoms with Gasteiger partial charge in [0.05, 0.1) is 23.6 Å². The van der Waals surface area contributed by atoms with Crippen LogP contribution in [0.4, 0.5) is 4.39 Å². The summed E-state index contributed by atoms with van der Waals surface area (Å²) < 4.78 is 17.3. The molecule has 4 aromatic carbocycles. The number of hydrogen-bond acceptors (Lipinski definition) is 4. The van der Waals surface area contributed by atoms with Crippen molar-refractivity contribution in [1.82, 2.24) is 25.1 Å². The summed E-state index contributed by atoms with van der Waals surface area (Å²) in [6, 6.07) is 35.6. The van der Waals surface area contributed by atoms with E-state index in [4.69, 9.17) is 5.10 Å². The normalized spacial score (nSPS) is 15.3. The Kier molecular flexibility index (Phi) is 7.32. The van der Waals surface area contributed by atoms with E-state index >= 15 is 4.39 Å². The summed E-state index contributed by atoms with van der Waals surface area (Å²) in [7, 11) is 2.13. The standard InChI is InChI=1S/C33H32FN5/c1-37-20-22-38(23-21-37)36-32(29-14-8-9-15-31(29)34)30-24-35-39(33(30)27-12-6-3-7-13-27)28-18-16-26(17-19-28)25-10-4-2-5-11-25/h2-19,24,32,36H,20-23H2,1H3. The monoisotopic (exact) mass is 517 g/mol. The van der Waals surface area contributed by atoms with Crippen LogP contribution in [0, 0.1) is 5.82 Å². The molecule has 6 heteroatoms. The first-order chi connectivity index (χ1) is 19.2. The first-order valence-corrected chi connectivity index (χ1v) is 13.4. The van der Waals surface area contributed by atoms with E-state index in [0.29, 0.717) is 5.56 Å².